The van der Waals surface area contributed by atoms with Crippen molar-refractivity contribution in [2.75, 3.05) is 52.4 Å². The summed E-state index contributed by atoms with van der Waals surface area (Å²) in [6.07, 6.45) is 1.11. The van der Waals surface area contributed by atoms with Gasteiger partial charge >= 0.3 is 0 Å². The highest BCUT2D eigenvalue weighted by Crippen LogP contribution is 2.26. The van der Waals surface area contributed by atoms with Gasteiger partial charge in [0, 0.05) is 45.8 Å². The number of aliphatic hydroxyl groups is 1. The Hall–Kier alpha value is 0.130. The summed E-state index contributed by atoms with van der Waals surface area (Å²) in [7, 11) is 0. The van der Waals surface area contributed by atoms with Gasteiger partial charge in [0.05, 0.1) is 6.10 Å². The lowest BCUT2D eigenvalue weighted by Crippen LogP contribution is -2.51. The van der Waals surface area contributed by atoms with Crippen LogP contribution in [0, 0.1) is 5.41 Å². The molecule has 0 saturated carbocycles. The minimum Gasteiger partial charge on any atom is -0.392 e. The minimum atomic E-state index is -0.196. The molecule has 2 fully saturated rings. The number of hydrogen-bond donors (Lipinski definition) is 2. The van der Waals surface area contributed by atoms with Gasteiger partial charge in [0.25, 0.3) is 0 Å². The van der Waals surface area contributed by atoms with Gasteiger partial charge in [-0.05, 0) is 25.3 Å². The number of nitrogens with one attached hydrogen (secondary N) is 1. The van der Waals surface area contributed by atoms with E-state index in [0.29, 0.717) is 5.41 Å². The van der Waals surface area contributed by atoms with E-state index in [-0.39, 0.29) is 18.5 Å². The van der Waals surface area contributed by atoms with E-state index in [1.807, 2.05) is 6.92 Å². The molecule has 0 aromatic heterocycles. The first kappa shape index (κ1) is 16.2. The van der Waals surface area contributed by atoms with Gasteiger partial charge in [-0.2, -0.15) is 0 Å². The van der Waals surface area contributed by atoms with Crippen LogP contribution in [-0.2, 0) is 0 Å². The molecule has 18 heavy (non-hydrogen) atoms. The van der Waals surface area contributed by atoms with Crippen LogP contribution in [0.15, 0.2) is 0 Å². The van der Waals surface area contributed by atoms with Gasteiger partial charge < -0.3 is 15.3 Å². The molecule has 0 spiro atoms. The SMILES string of the molecule is C[C@H](O)CN1CCN(CC2(C)CCNC2)CC1.Cl. The van der Waals surface area contributed by atoms with Gasteiger partial charge in [0.2, 0.25) is 0 Å². The largest absolute Gasteiger partial charge is 0.392 e. The Kier molecular flexibility index (Phi) is 6.35. The normalized spacial score (nSPS) is 32.2. The van der Waals surface area contributed by atoms with E-state index in [4.69, 9.17) is 0 Å². The zero-order valence-electron chi connectivity index (χ0n) is 11.7. The van der Waals surface area contributed by atoms with Crippen molar-refractivity contribution < 1.29 is 5.11 Å². The van der Waals surface area contributed by atoms with Gasteiger partial charge in [-0.15, -0.1) is 12.4 Å². The van der Waals surface area contributed by atoms with Crippen molar-refractivity contribution in [2.24, 2.45) is 5.41 Å². The van der Waals surface area contributed by atoms with Crippen LogP contribution in [-0.4, -0.2) is 73.4 Å². The van der Waals surface area contributed by atoms with Crippen molar-refractivity contribution in [1.82, 2.24) is 15.1 Å². The van der Waals surface area contributed by atoms with Crippen LogP contribution < -0.4 is 5.32 Å². The maximum Gasteiger partial charge on any atom is 0.0639 e. The maximum atomic E-state index is 9.38. The van der Waals surface area contributed by atoms with Gasteiger partial charge in [0.15, 0.2) is 0 Å². The molecule has 2 saturated heterocycles. The van der Waals surface area contributed by atoms with Crippen molar-refractivity contribution in [1.29, 1.82) is 0 Å². The fraction of sp³-hybridized carbons (Fsp3) is 1.00. The number of β-amino-alcohol motifs (C(OH)–C–C–N with tert-alkyl or cyclic N) is 1. The van der Waals surface area contributed by atoms with E-state index < -0.39 is 0 Å². The molecule has 0 aromatic carbocycles. The number of piperazine rings is 1. The Morgan fingerprint density at radius 2 is 1.83 bits per heavy atom. The fourth-order valence-corrected chi connectivity index (χ4v) is 3.05. The molecular formula is C13H28ClN3O. The average molecular weight is 278 g/mol. The molecule has 4 nitrogen and oxygen atoms in total. The maximum absolute atomic E-state index is 9.38. The van der Waals surface area contributed by atoms with E-state index in [2.05, 4.69) is 22.0 Å². The molecule has 2 aliphatic rings. The Labute approximate surface area is 117 Å². The molecule has 2 heterocycles. The number of halogens is 1. The summed E-state index contributed by atoms with van der Waals surface area (Å²) in [5.74, 6) is 0. The molecule has 1 unspecified atom stereocenters. The first-order valence-electron chi connectivity index (χ1n) is 6.91. The molecule has 2 rings (SSSR count). The Morgan fingerprint density at radius 1 is 1.22 bits per heavy atom. The zero-order chi connectivity index (χ0) is 12.3. The molecule has 2 atom stereocenters. The first-order valence-corrected chi connectivity index (χ1v) is 6.91. The Morgan fingerprint density at radius 3 is 2.33 bits per heavy atom. The summed E-state index contributed by atoms with van der Waals surface area (Å²) in [5, 5.41) is 12.8. The molecule has 0 radical (unpaired) electrons. The molecular weight excluding hydrogens is 250 g/mol. The van der Waals surface area contributed by atoms with Crippen LogP contribution >= 0.6 is 12.4 Å². The average Bonchev–Trinajstić information content (AvgIpc) is 2.67. The molecule has 5 heteroatoms. The molecule has 108 valence electrons. The first-order chi connectivity index (χ1) is 8.07. The number of hydrogen-bond acceptors (Lipinski definition) is 4. The van der Waals surface area contributed by atoms with Crippen molar-refractivity contribution >= 4 is 12.4 Å². The summed E-state index contributed by atoms with van der Waals surface area (Å²) in [5.41, 5.74) is 0.479. The standard InChI is InChI=1S/C13H27N3O.ClH/c1-12(17)9-15-5-7-16(8-6-15)11-13(2)3-4-14-10-13;/h12,14,17H,3-11H2,1-2H3;1H/t12-,13?;/m0./s1. The van der Waals surface area contributed by atoms with Gasteiger partial charge in [-0.25, -0.2) is 0 Å². The van der Waals surface area contributed by atoms with Crippen LogP contribution in [0.4, 0.5) is 0 Å². The molecule has 2 N–H and O–H groups in total. The Balaban J connectivity index is 0.00000162. The van der Waals surface area contributed by atoms with Crippen molar-refractivity contribution in [3.8, 4) is 0 Å². The van der Waals surface area contributed by atoms with E-state index >= 15 is 0 Å². The summed E-state index contributed by atoms with van der Waals surface area (Å²) in [4.78, 5) is 4.96. The highest BCUT2D eigenvalue weighted by Gasteiger charge is 2.31. The third-order valence-corrected chi connectivity index (χ3v) is 4.05. The second-order valence-electron chi connectivity index (χ2n) is 6.16. The number of rotatable bonds is 4. The van der Waals surface area contributed by atoms with Gasteiger partial charge in [-0.1, -0.05) is 6.92 Å². The lowest BCUT2D eigenvalue weighted by atomic mass is 9.89. The lowest BCUT2D eigenvalue weighted by Gasteiger charge is -2.39. The highest BCUT2D eigenvalue weighted by molar-refractivity contribution is 5.85. The molecule has 0 amide bonds. The summed E-state index contributed by atoms with van der Waals surface area (Å²) in [6, 6.07) is 0. The van der Waals surface area contributed by atoms with Gasteiger partial charge in [-0.3, -0.25) is 4.90 Å². The van der Waals surface area contributed by atoms with Crippen LogP contribution in [0.25, 0.3) is 0 Å². The lowest BCUT2D eigenvalue weighted by molar-refractivity contribution is 0.0645. The van der Waals surface area contributed by atoms with Crippen molar-refractivity contribution in [2.45, 2.75) is 26.4 Å². The molecule has 0 aliphatic carbocycles. The third-order valence-electron chi connectivity index (χ3n) is 4.05. The quantitative estimate of drug-likeness (QED) is 0.781. The second-order valence-corrected chi connectivity index (χ2v) is 6.16. The summed E-state index contributed by atoms with van der Waals surface area (Å²) >= 11 is 0. The molecule has 2 aliphatic heterocycles. The van der Waals surface area contributed by atoms with E-state index in [1.165, 1.54) is 26.1 Å². The second kappa shape index (κ2) is 7.06. The predicted molar refractivity (Wildman–Crippen MR) is 77.4 cm³/mol. The Bertz CT molecular complexity index is 236. The third kappa shape index (κ3) is 4.67. The predicted octanol–water partition coefficient (Wildman–Crippen LogP) is 0.406. The van der Waals surface area contributed by atoms with Crippen molar-refractivity contribution in [3.63, 3.8) is 0 Å². The number of nitrogens with zero attached hydrogens (tertiary/aromatic N) is 2. The topological polar surface area (TPSA) is 38.7 Å². The van der Waals surface area contributed by atoms with E-state index in [0.717, 1.165) is 32.7 Å². The highest BCUT2D eigenvalue weighted by atomic mass is 35.5. The van der Waals surface area contributed by atoms with Crippen LogP contribution in [0.3, 0.4) is 0 Å². The smallest absolute Gasteiger partial charge is 0.0639 e. The van der Waals surface area contributed by atoms with Crippen LogP contribution in [0.1, 0.15) is 20.3 Å². The molecule has 0 aromatic rings. The van der Waals surface area contributed by atoms with E-state index in [9.17, 15) is 5.11 Å². The van der Waals surface area contributed by atoms with E-state index in [1.54, 1.807) is 0 Å². The van der Waals surface area contributed by atoms with Crippen LogP contribution in [0.5, 0.6) is 0 Å². The zero-order valence-corrected chi connectivity index (χ0v) is 12.5. The minimum absolute atomic E-state index is 0. The fourth-order valence-electron chi connectivity index (χ4n) is 3.05. The summed E-state index contributed by atoms with van der Waals surface area (Å²) in [6.45, 7) is 13.2. The van der Waals surface area contributed by atoms with Crippen molar-refractivity contribution in [3.05, 3.63) is 0 Å². The number of aliphatic hydroxyl groups excluding tert-OH is 1. The monoisotopic (exact) mass is 277 g/mol. The molecule has 0 bridgehead atoms. The summed E-state index contributed by atoms with van der Waals surface area (Å²) < 4.78 is 0. The van der Waals surface area contributed by atoms with Gasteiger partial charge in [0.1, 0.15) is 0 Å². The van der Waals surface area contributed by atoms with Crippen LogP contribution in [0.2, 0.25) is 0 Å².